The molecule has 0 aliphatic rings. The predicted molar refractivity (Wildman–Crippen MR) is 75.0 cm³/mol. The number of likely N-dealkylation sites (N-methyl/N-ethyl adjacent to an activating group) is 1. The summed E-state index contributed by atoms with van der Waals surface area (Å²) in [6.07, 6.45) is 0. The third-order valence-electron chi connectivity index (χ3n) is 3.00. The molecular weight excluding hydrogens is 245 g/mol. The van der Waals surface area contributed by atoms with Gasteiger partial charge in [0.25, 0.3) is 0 Å². The van der Waals surface area contributed by atoms with Crippen molar-refractivity contribution in [1.29, 1.82) is 0 Å². The second-order valence-corrected chi connectivity index (χ2v) is 4.66. The fourth-order valence-electron chi connectivity index (χ4n) is 2.20. The molecule has 0 fully saturated rings. The fourth-order valence-corrected chi connectivity index (χ4v) is 2.20. The first-order valence-electron chi connectivity index (χ1n) is 6.66. The average Bonchev–Trinajstić information content (AvgIpc) is 2.33. The van der Waals surface area contributed by atoms with Crippen LogP contribution in [0.4, 0.5) is 4.39 Å². The van der Waals surface area contributed by atoms with Gasteiger partial charge in [-0.2, -0.15) is 0 Å². The lowest BCUT2D eigenvalue weighted by molar-refractivity contribution is 0.0582. The summed E-state index contributed by atoms with van der Waals surface area (Å²) in [5, 5.41) is 3.27. The van der Waals surface area contributed by atoms with Crippen LogP contribution < -0.4 is 5.32 Å². The molecule has 0 bridgehead atoms. The smallest absolute Gasteiger partial charge is 0.128 e. The van der Waals surface area contributed by atoms with Gasteiger partial charge in [-0.15, -0.1) is 0 Å². The van der Waals surface area contributed by atoms with Crippen molar-refractivity contribution >= 4 is 0 Å². The molecule has 0 aliphatic heterocycles. The Morgan fingerprint density at radius 2 is 2.00 bits per heavy atom. The van der Waals surface area contributed by atoms with E-state index < -0.39 is 0 Å². The fraction of sp³-hybridized carbons (Fsp3) is 0.600. The molecule has 1 unspecified atom stereocenters. The third kappa shape index (κ3) is 4.90. The van der Waals surface area contributed by atoms with Crippen molar-refractivity contribution in [2.24, 2.45) is 0 Å². The Balaban J connectivity index is 2.80. The van der Waals surface area contributed by atoms with Crippen LogP contribution in [0.15, 0.2) is 12.1 Å². The van der Waals surface area contributed by atoms with E-state index in [1.54, 1.807) is 13.2 Å². The lowest BCUT2D eigenvalue weighted by atomic mass is 9.98. The zero-order valence-corrected chi connectivity index (χ0v) is 12.3. The monoisotopic (exact) mass is 269 g/mol. The molecule has 19 heavy (non-hydrogen) atoms. The summed E-state index contributed by atoms with van der Waals surface area (Å²) >= 11 is 0. The lowest BCUT2D eigenvalue weighted by Crippen LogP contribution is -2.27. The van der Waals surface area contributed by atoms with E-state index in [0.29, 0.717) is 25.4 Å². The highest BCUT2D eigenvalue weighted by Crippen LogP contribution is 2.23. The highest BCUT2D eigenvalue weighted by atomic mass is 19.1. The number of aryl methyl sites for hydroxylation is 2. The molecule has 0 amide bonds. The van der Waals surface area contributed by atoms with Crippen LogP contribution >= 0.6 is 0 Å². The molecule has 0 saturated carbocycles. The Morgan fingerprint density at radius 1 is 1.26 bits per heavy atom. The first-order valence-corrected chi connectivity index (χ1v) is 6.66. The predicted octanol–water partition coefficient (Wildman–Crippen LogP) is 2.76. The van der Waals surface area contributed by atoms with Gasteiger partial charge in [0.1, 0.15) is 5.82 Å². The molecule has 108 valence electrons. The van der Waals surface area contributed by atoms with Crippen molar-refractivity contribution in [1.82, 2.24) is 5.32 Å². The molecule has 0 aliphatic carbocycles. The Hall–Kier alpha value is -0.970. The van der Waals surface area contributed by atoms with Crippen LogP contribution in [0.25, 0.3) is 0 Å². The van der Waals surface area contributed by atoms with Gasteiger partial charge in [0.15, 0.2) is 0 Å². The van der Waals surface area contributed by atoms with Gasteiger partial charge in [0.2, 0.25) is 0 Å². The van der Waals surface area contributed by atoms with Gasteiger partial charge in [-0.25, -0.2) is 4.39 Å². The summed E-state index contributed by atoms with van der Waals surface area (Å²) in [7, 11) is 1.63. The first-order chi connectivity index (χ1) is 9.10. The molecule has 0 radical (unpaired) electrons. The van der Waals surface area contributed by atoms with E-state index in [1.807, 2.05) is 26.8 Å². The van der Waals surface area contributed by atoms with Crippen LogP contribution in [-0.4, -0.2) is 33.5 Å². The van der Waals surface area contributed by atoms with E-state index in [9.17, 15) is 4.39 Å². The van der Waals surface area contributed by atoms with E-state index in [4.69, 9.17) is 9.47 Å². The molecular formula is C15H24FNO2. The number of halogens is 1. The SMILES string of the molecule is CCNC(COCCOC)c1c(C)cc(C)cc1F. The molecule has 0 saturated heterocycles. The van der Waals surface area contributed by atoms with Crippen molar-refractivity contribution in [3.63, 3.8) is 0 Å². The summed E-state index contributed by atoms with van der Waals surface area (Å²) < 4.78 is 24.6. The molecule has 1 aromatic carbocycles. The van der Waals surface area contributed by atoms with Crippen LogP contribution in [0.1, 0.15) is 29.7 Å². The maximum Gasteiger partial charge on any atom is 0.128 e. The summed E-state index contributed by atoms with van der Waals surface area (Å²) in [6, 6.07) is 3.45. The Bertz CT molecular complexity index is 373. The zero-order valence-electron chi connectivity index (χ0n) is 12.3. The topological polar surface area (TPSA) is 30.5 Å². The maximum absolute atomic E-state index is 14.1. The minimum Gasteiger partial charge on any atom is -0.382 e. The molecule has 4 heteroatoms. The van der Waals surface area contributed by atoms with Crippen molar-refractivity contribution < 1.29 is 13.9 Å². The maximum atomic E-state index is 14.1. The first kappa shape index (κ1) is 16.1. The van der Waals surface area contributed by atoms with Gasteiger partial charge < -0.3 is 14.8 Å². The van der Waals surface area contributed by atoms with Crippen LogP contribution in [0.3, 0.4) is 0 Å². The molecule has 3 nitrogen and oxygen atoms in total. The van der Waals surface area contributed by atoms with E-state index in [2.05, 4.69) is 5.32 Å². The number of benzene rings is 1. The quantitative estimate of drug-likeness (QED) is 0.736. The number of hydrogen-bond acceptors (Lipinski definition) is 3. The number of ether oxygens (including phenoxy) is 2. The van der Waals surface area contributed by atoms with Crippen molar-refractivity contribution in [2.45, 2.75) is 26.8 Å². The van der Waals surface area contributed by atoms with Gasteiger partial charge in [0, 0.05) is 12.7 Å². The van der Waals surface area contributed by atoms with Crippen LogP contribution in [0.5, 0.6) is 0 Å². The van der Waals surface area contributed by atoms with Crippen LogP contribution in [0, 0.1) is 19.7 Å². The van der Waals surface area contributed by atoms with Gasteiger partial charge in [-0.3, -0.25) is 0 Å². The van der Waals surface area contributed by atoms with Crippen LogP contribution in [0.2, 0.25) is 0 Å². The Morgan fingerprint density at radius 3 is 2.58 bits per heavy atom. The highest BCUT2D eigenvalue weighted by molar-refractivity contribution is 5.34. The van der Waals surface area contributed by atoms with Gasteiger partial charge in [-0.1, -0.05) is 13.0 Å². The molecule has 1 atom stereocenters. The summed E-state index contributed by atoms with van der Waals surface area (Å²) in [4.78, 5) is 0. The number of hydrogen-bond donors (Lipinski definition) is 1. The van der Waals surface area contributed by atoms with E-state index in [-0.39, 0.29) is 11.9 Å². The minimum atomic E-state index is -0.168. The summed E-state index contributed by atoms with van der Waals surface area (Å²) in [5.41, 5.74) is 2.60. The van der Waals surface area contributed by atoms with Crippen LogP contribution in [-0.2, 0) is 9.47 Å². The largest absolute Gasteiger partial charge is 0.382 e. The number of rotatable bonds is 8. The highest BCUT2D eigenvalue weighted by Gasteiger charge is 2.18. The third-order valence-corrected chi connectivity index (χ3v) is 3.00. The van der Waals surface area contributed by atoms with Gasteiger partial charge in [-0.05, 0) is 37.6 Å². The van der Waals surface area contributed by atoms with Gasteiger partial charge >= 0.3 is 0 Å². The van der Waals surface area contributed by atoms with E-state index in [1.165, 1.54) is 0 Å². The standard InChI is InChI=1S/C15H24FNO2/c1-5-17-14(10-19-7-6-18-4)15-12(3)8-11(2)9-13(15)16/h8-9,14,17H,5-7,10H2,1-4H3. The van der Waals surface area contributed by atoms with Crippen molar-refractivity contribution in [3.05, 3.63) is 34.6 Å². The summed E-state index contributed by atoms with van der Waals surface area (Å²) in [6.45, 7) is 8.12. The Kier molecular flexibility index (Phi) is 6.99. The average molecular weight is 269 g/mol. The molecule has 1 rings (SSSR count). The molecule has 1 aromatic rings. The minimum absolute atomic E-state index is 0.123. The van der Waals surface area contributed by atoms with Crippen molar-refractivity contribution in [2.75, 3.05) is 33.5 Å². The van der Waals surface area contributed by atoms with Crippen molar-refractivity contribution in [3.8, 4) is 0 Å². The second-order valence-electron chi connectivity index (χ2n) is 4.66. The zero-order chi connectivity index (χ0) is 14.3. The second kappa shape index (κ2) is 8.25. The normalized spacial score (nSPS) is 12.7. The molecule has 0 spiro atoms. The molecule has 0 aromatic heterocycles. The summed E-state index contributed by atoms with van der Waals surface area (Å²) in [5.74, 6) is -0.168. The molecule has 0 heterocycles. The Labute approximate surface area is 115 Å². The van der Waals surface area contributed by atoms with Gasteiger partial charge in [0.05, 0.1) is 25.9 Å². The molecule has 1 N–H and O–H groups in total. The van der Waals surface area contributed by atoms with E-state index >= 15 is 0 Å². The van der Waals surface area contributed by atoms with E-state index in [0.717, 1.165) is 17.7 Å². The number of methoxy groups -OCH3 is 1. The lowest BCUT2D eigenvalue weighted by Gasteiger charge is -2.21. The number of nitrogens with one attached hydrogen (secondary N) is 1.